The zero-order valence-corrected chi connectivity index (χ0v) is 17.0. The molecule has 2 nitrogen and oxygen atoms in total. The van der Waals surface area contributed by atoms with Crippen LogP contribution in [0.2, 0.25) is 0 Å². The minimum atomic E-state index is -2.65. The standard InChI is InChI=1S/C26H23O2P/c27-26(28)24-18-10-11-19-25(24)29(22-14-6-2-7-15-22,23-16-8-3-9-17-23)20-21-12-4-1-5-13-21/h1-19,29H,20H2,(H,27,28). The van der Waals surface area contributed by atoms with Gasteiger partial charge in [0.15, 0.2) is 0 Å². The first kappa shape index (κ1) is 19.1. The summed E-state index contributed by atoms with van der Waals surface area (Å²) < 4.78 is 0. The monoisotopic (exact) mass is 398 g/mol. The van der Waals surface area contributed by atoms with E-state index in [-0.39, 0.29) is 0 Å². The topological polar surface area (TPSA) is 37.3 Å². The molecule has 0 saturated heterocycles. The van der Waals surface area contributed by atoms with E-state index in [1.807, 2.05) is 72.8 Å². The SMILES string of the molecule is O=C(O)c1ccccc1[PH](Cc1ccccc1)(c1ccccc1)c1ccccc1. The summed E-state index contributed by atoms with van der Waals surface area (Å²) in [6.07, 6.45) is 0.798. The van der Waals surface area contributed by atoms with Crippen LogP contribution >= 0.6 is 7.26 Å². The van der Waals surface area contributed by atoms with Crippen molar-refractivity contribution >= 4 is 29.1 Å². The summed E-state index contributed by atoms with van der Waals surface area (Å²) in [6, 6.07) is 38.7. The van der Waals surface area contributed by atoms with Gasteiger partial charge in [-0.3, -0.25) is 0 Å². The number of carbonyl (C=O) groups is 1. The number of carboxylic acid groups (broad SMARTS) is 1. The molecule has 0 aliphatic rings. The molecule has 0 heterocycles. The molecule has 0 radical (unpaired) electrons. The normalized spacial score (nSPS) is 11.7. The van der Waals surface area contributed by atoms with Crippen LogP contribution in [-0.4, -0.2) is 11.1 Å². The first-order valence-corrected chi connectivity index (χ1v) is 11.9. The molecular weight excluding hydrogens is 375 g/mol. The second kappa shape index (κ2) is 8.43. The van der Waals surface area contributed by atoms with Crippen LogP contribution in [0, 0.1) is 0 Å². The Morgan fingerprint density at radius 2 is 1.07 bits per heavy atom. The molecule has 1 N–H and O–H groups in total. The van der Waals surface area contributed by atoms with Gasteiger partial charge in [0.1, 0.15) is 0 Å². The van der Waals surface area contributed by atoms with E-state index in [2.05, 4.69) is 36.4 Å². The van der Waals surface area contributed by atoms with Crippen molar-refractivity contribution in [1.82, 2.24) is 0 Å². The van der Waals surface area contributed by atoms with Crippen LogP contribution in [0.5, 0.6) is 0 Å². The van der Waals surface area contributed by atoms with E-state index in [9.17, 15) is 9.90 Å². The quantitative estimate of drug-likeness (QED) is 0.482. The van der Waals surface area contributed by atoms with E-state index in [4.69, 9.17) is 0 Å². The molecule has 4 rings (SSSR count). The molecule has 4 aromatic carbocycles. The Hall–Kier alpha value is -3.22. The van der Waals surface area contributed by atoms with Crippen LogP contribution in [0.3, 0.4) is 0 Å². The molecule has 0 fully saturated rings. The third-order valence-corrected chi connectivity index (χ3v) is 10.4. The Kier molecular flexibility index (Phi) is 5.55. The molecule has 3 heteroatoms. The molecule has 4 aromatic rings. The molecule has 0 saturated carbocycles. The Morgan fingerprint density at radius 1 is 0.621 bits per heavy atom. The van der Waals surface area contributed by atoms with Crippen LogP contribution in [0.1, 0.15) is 15.9 Å². The summed E-state index contributed by atoms with van der Waals surface area (Å²) in [4.78, 5) is 12.2. The third kappa shape index (κ3) is 3.72. The van der Waals surface area contributed by atoms with E-state index in [0.29, 0.717) is 5.56 Å². The number of hydrogen-bond donors (Lipinski definition) is 1. The zero-order chi connectivity index (χ0) is 20.1. The average molecular weight is 398 g/mol. The maximum absolute atomic E-state index is 12.2. The molecule has 0 bridgehead atoms. The second-order valence-corrected chi connectivity index (χ2v) is 11.0. The predicted octanol–water partition coefficient (Wildman–Crippen LogP) is 4.61. The zero-order valence-electron chi connectivity index (χ0n) is 16.0. The molecule has 0 unspecified atom stereocenters. The number of hydrogen-bond acceptors (Lipinski definition) is 1. The molecule has 0 aromatic heterocycles. The van der Waals surface area contributed by atoms with Gasteiger partial charge >= 0.3 is 172 Å². The third-order valence-electron chi connectivity index (χ3n) is 5.46. The van der Waals surface area contributed by atoms with Gasteiger partial charge in [-0.15, -0.1) is 0 Å². The van der Waals surface area contributed by atoms with Crippen LogP contribution < -0.4 is 15.9 Å². The predicted molar refractivity (Wildman–Crippen MR) is 124 cm³/mol. The van der Waals surface area contributed by atoms with Crippen LogP contribution in [-0.2, 0) is 6.16 Å². The van der Waals surface area contributed by atoms with Crippen LogP contribution in [0.15, 0.2) is 115 Å². The molecule has 29 heavy (non-hydrogen) atoms. The van der Waals surface area contributed by atoms with Crippen molar-refractivity contribution in [3.8, 4) is 0 Å². The fraction of sp³-hybridized carbons (Fsp3) is 0.0385. The minimum absolute atomic E-state index is 0.391. The fourth-order valence-corrected chi connectivity index (χ4v) is 9.12. The van der Waals surface area contributed by atoms with E-state index < -0.39 is 13.2 Å². The number of carboxylic acids is 1. The van der Waals surface area contributed by atoms with Gasteiger partial charge in [0.2, 0.25) is 0 Å². The van der Waals surface area contributed by atoms with Gasteiger partial charge in [-0.05, 0) is 0 Å². The van der Waals surface area contributed by atoms with Gasteiger partial charge in [-0.2, -0.15) is 0 Å². The molecule has 0 aliphatic heterocycles. The van der Waals surface area contributed by atoms with Crippen molar-refractivity contribution in [2.45, 2.75) is 6.16 Å². The summed E-state index contributed by atoms with van der Waals surface area (Å²) in [5.74, 6) is -0.877. The van der Waals surface area contributed by atoms with Gasteiger partial charge in [0.05, 0.1) is 0 Å². The van der Waals surface area contributed by atoms with E-state index in [1.54, 1.807) is 6.07 Å². The van der Waals surface area contributed by atoms with Crippen molar-refractivity contribution < 1.29 is 9.90 Å². The van der Waals surface area contributed by atoms with Crippen molar-refractivity contribution in [2.24, 2.45) is 0 Å². The summed E-state index contributed by atoms with van der Waals surface area (Å²) in [5.41, 5.74) is 1.61. The van der Waals surface area contributed by atoms with Gasteiger partial charge in [-0.25, -0.2) is 0 Å². The fourth-order valence-electron chi connectivity index (χ4n) is 4.17. The Bertz CT molecular complexity index is 1050. The Labute approximate surface area is 171 Å². The molecule has 0 atom stereocenters. The summed E-state index contributed by atoms with van der Waals surface area (Å²) >= 11 is 0. The molecule has 144 valence electrons. The Balaban J connectivity index is 2.08. The summed E-state index contributed by atoms with van der Waals surface area (Å²) in [6.45, 7) is 0. The van der Waals surface area contributed by atoms with Gasteiger partial charge in [0, 0.05) is 0 Å². The van der Waals surface area contributed by atoms with Crippen molar-refractivity contribution in [3.05, 3.63) is 126 Å². The van der Waals surface area contributed by atoms with Gasteiger partial charge < -0.3 is 0 Å². The molecule has 0 spiro atoms. The molecular formula is C26H23O2P. The van der Waals surface area contributed by atoms with Crippen LogP contribution in [0.25, 0.3) is 0 Å². The molecule has 0 aliphatic carbocycles. The number of rotatable bonds is 6. The van der Waals surface area contributed by atoms with Crippen molar-refractivity contribution in [1.29, 1.82) is 0 Å². The van der Waals surface area contributed by atoms with E-state index in [0.717, 1.165) is 11.5 Å². The summed E-state index contributed by atoms with van der Waals surface area (Å²) in [7, 11) is -2.65. The summed E-state index contributed by atoms with van der Waals surface area (Å²) in [5, 5.41) is 13.4. The van der Waals surface area contributed by atoms with Crippen LogP contribution in [0.4, 0.5) is 0 Å². The average Bonchev–Trinajstić information content (AvgIpc) is 2.79. The molecule has 0 amide bonds. The van der Waals surface area contributed by atoms with E-state index in [1.165, 1.54) is 16.2 Å². The number of aromatic carboxylic acids is 1. The van der Waals surface area contributed by atoms with Gasteiger partial charge in [0.25, 0.3) is 0 Å². The maximum atomic E-state index is 12.2. The van der Waals surface area contributed by atoms with E-state index >= 15 is 0 Å². The van der Waals surface area contributed by atoms with Gasteiger partial charge in [-0.1, -0.05) is 0 Å². The number of benzene rings is 4. The first-order chi connectivity index (χ1) is 14.2. The first-order valence-electron chi connectivity index (χ1n) is 9.69. The van der Waals surface area contributed by atoms with Crippen molar-refractivity contribution in [2.75, 3.05) is 0 Å². The van der Waals surface area contributed by atoms with Crippen molar-refractivity contribution in [3.63, 3.8) is 0 Å². The second-order valence-electron chi connectivity index (χ2n) is 7.15. The Morgan fingerprint density at radius 3 is 1.59 bits per heavy atom.